The lowest BCUT2D eigenvalue weighted by atomic mass is 10.2. The maximum atomic E-state index is 12.5. The standard InChI is InChI=1S/C23H22N6O2/c30-21(16-31-19-9-5-2-6-10-19)27-11-13-28(14-12-27)22-20-15-26-29(23(20)25-17-24-22)18-7-3-1-4-8-18/h1-10,15,17H,11-14,16H2. The first kappa shape index (κ1) is 19.0. The Hall–Kier alpha value is -3.94. The fraction of sp³-hybridized carbons (Fsp3) is 0.217. The van der Waals surface area contributed by atoms with Crippen LogP contribution < -0.4 is 9.64 Å². The fourth-order valence-electron chi connectivity index (χ4n) is 3.76. The molecule has 0 aliphatic carbocycles. The van der Waals surface area contributed by atoms with Crippen LogP contribution in [-0.2, 0) is 4.79 Å². The van der Waals surface area contributed by atoms with Crippen molar-refractivity contribution in [2.75, 3.05) is 37.7 Å². The van der Waals surface area contributed by atoms with Crippen molar-refractivity contribution < 1.29 is 9.53 Å². The number of carbonyl (C=O) groups excluding carboxylic acids is 1. The molecule has 0 radical (unpaired) electrons. The van der Waals surface area contributed by atoms with Gasteiger partial charge < -0.3 is 14.5 Å². The number of carbonyl (C=O) groups is 1. The average molecular weight is 414 g/mol. The zero-order chi connectivity index (χ0) is 21.0. The van der Waals surface area contributed by atoms with Gasteiger partial charge in [0.1, 0.15) is 17.9 Å². The van der Waals surface area contributed by atoms with Crippen molar-refractivity contribution in [2.24, 2.45) is 0 Å². The number of para-hydroxylation sites is 2. The number of aromatic nitrogens is 4. The summed E-state index contributed by atoms with van der Waals surface area (Å²) in [6, 6.07) is 19.3. The summed E-state index contributed by atoms with van der Waals surface area (Å²) in [5.74, 6) is 1.54. The first-order valence-electron chi connectivity index (χ1n) is 10.2. The van der Waals surface area contributed by atoms with Gasteiger partial charge in [0.25, 0.3) is 5.91 Å². The lowest BCUT2D eigenvalue weighted by Crippen LogP contribution is -2.50. The molecule has 1 aliphatic rings. The van der Waals surface area contributed by atoms with Crippen LogP contribution in [0.5, 0.6) is 5.75 Å². The maximum absolute atomic E-state index is 12.5. The number of nitrogens with zero attached hydrogens (tertiary/aromatic N) is 6. The Balaban J connectivity index is 1.26. The lowest BCUT2D eigenvalue weighted by Gasteiger charge is -2.35. The molecule has 3 heterocycles. The van der Waals surface area contributed by atoms with E-state index in [4.69, 9.17) is 4.74 Å². The van der Waals surface area contributed by atoms with Crippen LogP contribution in [0.1, 0.15) is 0 Å². The Morgan fingerprint density at radius 1 is 0.903 bits per heavy atom. The lowest BCUT2D eigenvalue weighted by molar-refractivity contribution is -0.133. The molecule has 0 unspecified atom stereocenters. The van der Waals surface area contributed by atoms with E-state index in [9.17, 15) is 4.79 Å². The number of rotatable bonds is 5. The molecule has 0 bridgehead atoms. The quantitative estimate of drug-likeness (QED) is 0.500. The van der Waals surface area contributed by atoms with E-state index in [0.29, 0.717) is 31.9 Å². The molecule has 0 atom stereocenters. The summed E-state index contributed by atoms with van der Waals surface area (Å²) in [4.78, 5) is 25.5. The number of fused-ring (bicyclic) bond motifs is 1. The largest absolute Gasteiger partial charge is 0.484 e. The Morgan fingerprint density at radius 2 is 1.61 bits per heavy atom. The topological polar surface area (TPSA) is 76.4 Å². The zero-order valence-electron chi connectivity index (χ0n) is 17.0. The Morgan fingerprint density at radius 3 is 2.35 bits per heavy atom. The monoisotopic (exact) mass is 414 g/mol. The highest BCUT2D eigenvalue weighted by atomic mass is 16.5. The predicted octanol–water partition coefficient (Wildman–Crippen LogP) is 2.54. The van der Waals surface area contributed by atoms with Crippen LogP contribution in [0.15, 0.2) is 73.2 Å². The number of hydrogen-bond donors (Lipinski definition) is 0. The minimum atomic E-state index is -0.00626. The third-order valence-corrected chi connectivity index (χ3v) is 5.38. The number of amides is 1. The van der Waals surface area contributed by atoms with Gasteiger partial charge in [-0.3, -0.25) is 4.79 Å². The van der Waals surface area contributed by atoms with Crippen LogP contribution in [0.25, 0.3) is 16.7 Å². The highest BCUT2D eigenvalue weighted by molar-refractivity contribution is 5.88. The summed E-state index contributed by atoms with van der Waals surface area (Å²) in [6.45, 7) is 2.68. The zero-order valence-corrected chi connectivity index (χ0v) is 17.0. The number of piperazine rings is 1. The smallest absolute Gasteiger partial charge is 0.260 e. The van der Waals surface area contributed by atoms with E-state index in [1.807, 2.05) is 76.4 Å². The van der Waals surface area contributed by atoms with E-state index >= 15 is 0 Å². The van der Waals surface area contributed by atoms with Gasteiger partial charge in [0, 0.05) is 26.2 Å². The molecule has 8 nitrogen and oxygen atoms in total. The third-order valence-electron chi connectivity index (χ3n) is 5.38. The van der Waals surface area contributed by atoms with E-state index in [0.717, 1.165) is 22.5 Å². The molecule has 1 amide bonds. The second kappa shape index (κ2) is 8.43. The first-order valence-corrected chi connectivity index (χ1v) is 10.2. The molecular formula is C23H22N6O2. The van der Waals surface area contributed by atoms with Crippen molar-refractivity contribution in [1.82, 2.24) is 24.6 Å². The van der Waals surface area contributed by atoms with Gasteiger partial charge in [-0.25, -0.2) is 14.6 Å². The van der Waals surface area contributed by atoms with E-state index in [1.54, 1.807) is 6.33 Å². The van der Waals surface area contributed by atoms with Gasteiger partial charge in [0.15, 0.2) is 12.3 Å². The van der Waals surface area contributed by atoms with Crippen LogP contribution in [-0.4, -0.2) is 63.3 Å². The van der Waals surface area contributed by atoms with Crippen molar-refractivity contribution in [2.45, 2.75) is 0 Å². The molecule has 1 saturated heterocycles. The highest BCUT2D eigenvalue weighted by Crippen LogP contribution is 2.25. The van der Waals surface area contributed by atoms with E-state index in [1.165, 1.54) is 0 Å². The molecule has 2 aromatic carbocycles. The fourth-order valence-corrected chi connectivity index (χ4v) is 3.76. The minimum Gasteiger partial charge on any atom is -0.484 e. The minimum absolute atomic E-state index is 0.00626. The molecule has 0 N–H and O–H groups in total. The molecule has 0 spiro atoms. The summed E-state index contributed by atoms with van der Waals surface area (Å²) in [5, 5.41) is 5.43. The summed E-state index contributed by atoms with van der Waals surface area (Å²) in [5.41, 5.74) is 1.72. The molecule has 8 heteroatoms. The van der Waals surface area contributed by atoms with Crippen LogP contribution in [0, 0.1) is 0 Å². The molecule has 31 heavy (non-hydrogen) atoms. The summed E-state index contributed by atoms with van der Waals surface area (Å²) >= 11 is 0. The molecule has 1 fully saturated rings. The average Bonchev–Trinajstić information content (AvgIpc) is 3.28. The number of benzene rings is 2. The van der Waals surface area contributed by atoms with Crippen molar-refractivity contribution in [3.63, 3.8) is 0 Å². The first-order chi connectivity index (χ1) is 15.3. The Bertz CT molecular complexity index is 1170. The van der Waals surface area contributed by atoms with Crippen LogP contribution in [0.3, 0.4) is 0 Å². The molecule has 156 valence electrons. The molecule has 4 aromatic rings. The van der Waals surface area contributed by atoms with Crippen molar-refractivity contribution in [3.05, 3.63) is 73.2 Å². The number of ether oxygens (including phenoxy) is 1. The second-order valence-corrected chi connectivity index (χ2v) is 7.30. The van der Waals surface area contributed by atoms with E-state index < -0.39 is 0 Å². The number of anilines is 1. The van der Waals surface area contributed by atoms with Gasteiger partial charge in [0.2, 0.25) is 0 Å². The Kier molecular flexibility index (Phi) is 5.18. The molecule has 2 aromatic heterocycles. The summed E-state index contributed by atoms with van der Waals surface area (Å²) < 4.78 is 7.42. The van der Waals surface area contributed by atoms with E-state index in [2.05, 4.69) is 20.0 Å². The normalized spacial score (nSPS) is 14.1. The van der Waals surface area contributed by atoms with E-state index in [-0.39, 0.29) is 12.5 Å². The van der Waals surface area contributed by atoms with Gasteiger partial charge in [-0.05, 0) is 24.3 Å². The summed E-state index contributed by atoms with van der Waals surface area (Å²) in [6.07, 6.45) is 3.38. The molecular weight excluding hydrogens is 392 g/mol. The van der Waals surface area contributed by atoms with Gasteiger partial charge in [0.05, 0.1) is 17.3 Å². The maximum Gasteiger partial charge on any atom is 0.260 e. The van der Waals surface area contributed by atoms with Gasteiger partial charge in [-0.2, -0.15) is 5.10 Å². The van der Waals surface area contributed by atoms with Crippen LogP contribution >= 0.6 is 0 Å². The van der Waals surface area contributed by atoms with Crippen molar-refractivity contribution in [1.29, 1.82) is 0 Å². The van der Waals surface area contributed by atoms with Crippen molar-refractivity contribution >= 4 is 22.8 Å². The molecule has 0 saturated carbocycles. The highest BCUT2D eigenvalue weighted by Gasteiger charge is 2.24. The molecule has 1 aliphatic heterocycles. The number of hydrogen-bond acceptors (Lipinski definition) is 6. The van der Waals surface area contributed by atoms with Gasteiger partial charge >= 0.3 is 0 Å². The predicted molar refractivity (Wildman–Crippen MR) is 117 cm³/mol. The second-order valence-electron chi connectivity index (χ2n) is 7.30. The van der Waals surface area contributed by atoms with Gasteiger partial charge in [-0.15, -0.1) is 0 Å². The van der Waals surface area contributed by atoms with Crippen LogP contribution in [0.4, 0.5) is 5.82 Å². The van der Waals surface area contributed by atoms with Gasteiger partial charge in [-0.1, -0.05) is 36.4 Å². The van der Waals surface area contributed by atoms with Crippen LogP contribution in [0.2, 0.25) is 0 Å². The SMILES string of the molecule is O=C(COc1ccccc1)N1CCN(c2ncnc3c2cnn3-c2ccccc2)CC1. The molecule has 5 rings (SSSR count). The Labute approximate surface area is 179 Å². The summed E-state index contributed by atoms with van der Waals surface area (Å²) in [7, 11) is 0. The van der Waals surface area contributed by atoms with Crippen molar-refractivity contribution in [3.8, 4) is 11.4 Å². The third kappa shape index (κ3) is 3.92.